The summed E-state index contributed by atoms with van der Waals surface area (Å²) in [4.78, 5) is 0.127. The van der Waals surface area contributed by atoms with E-state index in [9.17, 15) is 13.5 Å². The molecular formula is C11H15NO4S. The highest BCUT2D eigenvalue weighted by Gasteiger charge is 2.26. The highest BCUT2D eigenvalue weighted by atomic mass is 32.2. The molecule has 17 heavy (non-hydrogen) atoms. The first-order valence-electron chi connectivity index (χ1n) is 5.39. The number of nitrogens with zero attached hydrogens (tertiary/aromatic N) is 1. The van der Waals surface area contributed by atoms with Gasteiger partial charge in [-0.05, 0) is 18.6 Å². The van der Waals surface area contributed by atoms with Crippen LogP contribution in [0.3, 0.4) is 0 Å². The summed E-state index contributed by atoms with van der Waals surface area (Å²) in [6, 6.07) is 4.41. The number of benzene rings is 1. The summed E-state index contributed by atoms with van der Waals surface area (Å²) >= 11 is 0. The van der Waals surface area contributed by atoms with E-state index < -0.39 is 10.0 Å². The molecule has 0 bridgehead atoms. The number of rotatable bonds is 2. The zero-order chi connectivity index (χ0) is 12.5. The second-order valence-electron chi connectivity index (χ2n) is 3.96. The SMILES string of the molecule is Cc1ccc(S(=O)(=O)N2CCOCC2)cc1O. The smallest absolute Gasteiger partial charge is 0.243 e. The number of aryl methyl sites for hydroxylation is 1. The Hall–Kier alpha value is -1.11. The molecule has 0 spiro atoms. The van der Waals surface area contributed by atoms with Crippen molar-refractivity contribution in [2.45, 2.75) is 11.8 Å². The van der Waals surface area contributed by atoms with E-state index in [1.165, 1.54) is 16.4 Å². The van der Waals surface area contributed by atoms with Gasteiger partial charge in [-0.1, -0.05) is 6.07 Å². The lowest BCUT2D eigenvalue weighted by Gasteiger charge is -2.26. The van der Waals surface area contributed by atoms with Gasteiger partial charge in [-0.2, -0.15) is 4.31 Å². The van der Waals surface area contributed by atoms with E-state index in [0.717, 1.165) is 0 Å². The van der Waals surface area contributed by atoms with Crippen LogP contribution in [0.4, 0.5) is 0 Å². The number of hydrogen-bond donors (Lipinski definition) is 1. The first kappa shape index (κ1) is 12.3. The van der Waals surface area contributed by atoms with Gasteiger partial charge in [0.1, 0.15) is 5.75 Å². The van der Waals surface area contributed by atoms with Gasteiger partial charge in [0.25, 0.3) is 0 Å². The molecular weight excluding hydrogens is 242 g/mol. The van der Waals surface area contributed by atoms with Crippen molar-refractivity contribution in [1.82, 2.24) is 4.31 Å². The van der Waals surface area contributed by atoms with Gasteiger partial charge in [0.15, 0.2) is 0 Å². The Labute approximate surface area is 101 Å². The van der Waals surface area contributed by atoms with E-state index in [1.54, 1.807) is 13.0 Å². The molecule has 1 aliphatic rings. The van der Waals surface area contributed by atoms with Gasteiger partial charge in [0.05, 0.1) is 18.1 Å². The van der Waals surface area contributed by atoms with Crippen LogP contribution in [0, 0.1) is 6.92 Å². The van der Waals surface area contributed by atoms with E-state index in [-0.39, 0.29) is 10.6 Å². The monoisotopic (exact) mass is 257 g/mol. The van der Waals surface area contributed by atoms with Crippen LogP contribution in [0.2, 0.25) is 0 Å². The fourth-order valence-electron chi connectivity index (χ4n) is 1.69. The number of morpholine rings is 1. The van der Waals surface area contributed by atoms with Crippen molar-refractivity contribution in [3.63, 3.8) is 0 Å². The molecule has 0 radical (unpaired) electrons. The predicted molar refractivity (Wildman–Crippen MR) is 62.4 cm³/mol. The first-order valence-corrected chi connectivity index (χ1v) is 6.83. The van der Waals surface area contributed by atoms with E-state index in [0.29, 0.717) is 31.9 Å². The fourth-order valence-corrected chi connectivity index (χ4v) is 3.11. The van der Waals surface area contributed by atoms with Crippen molar-refractivity contribution < 1.29 is 18.3 Å². The number of phenols is 1. The van der Waals surface area contributed by atoms with E-state index in [1.807, 2.05) is 0 Å². The molecule has 1 saturated heterocycles. The second-order valence-corrected chi connectivity index (χ2v) is 5.90. The minimum atomic E-state index is -3.51. The van der Waals surface area contributed by atoms with Crippen molar-refractivity contribution in [1.29, 1.82) is 0 Å². The van der Waals surface area contributed by atoms with Crippen molar-refractivity contribution in [2.75, 3.05) is 26.3 Å². The summed E-state index contributed by atoms with van der Waals surface area (Å²) in [7, 11) is -3.51. The average Bonchev–Trinajstić information content (AvgIpc) is 2.33. The maximum Gasteiger partial charge on any atom is 0.243 e. The molecule has 1 heterocycles. The van der Waals surface area contributed by atoms with Gasteiger partial charge >= 0.3 is 0 Å². The van der Waals surface area contributed by atoms with Gasteiger partial charge in [0, 0.05) is 19.2 Å². The van der Waals surface area contributed by atoms with Crippen LogP contribution < -0.4 is 0 Å². The molecule has 0 saturated carbocycles. The van der Waals surface area contributed by atoms with E-state index in [2.05, 4.69) is 0 Å². The largest absolute Gasteiger partial charge is 0.508 e. The topological polar surface area (TPSA) is 66.8 Å². The highest BCUT2D eigenvalue weighted by Crippen LogP contribution is 2.23. The molecule has 0 unspecified atom stereocenters. The molecule has 1 fully saturated rings. The van der Waals surface area contributed by atoms with E-state index >= 15 is 0 Å². The molecule has 2 rings (SSSR count). The van der Waals surface area contributed by atoms with Crippen molar-refractivity contribution in [3.05, 3.63) is 23.8 Å². The van der Waals surface area contributed by atoms with Crippen LogP contribution in [-0.2, 0) is 14.8 Å². The Balaban J connectivity index is 2.33. The van der Waals surface area contributed by atoms with Crippen LogP contribution in [0.25, 0.3) is 0 Å². The third-order valence-corrected chi connectivity index (χ3v) is 4.68. The van der Waals surface area contributed by atoms with Crippen LogP contribution in [0.5, 0.6) is 5.75 Å². The van der Waals surface area contributed by atoms with Gasteiger partial charge < -0.3 is 9.84 Å². The van der Waals surface area contributed by atoms with Crippen LogP contribution in [0.1, 0.15) is 5.56 Å². The molecule has 94 valence electrons. The Morgan fingerprint density at radius 3 is 2.53 bits per heavy atom. The average molecular weight is 257 g/mol. The number of aromatic hydroxyl groups is 1. The van der Waals surface area contributed by atoms with E-state index in [4.69, 9.17) is 4.74 Å². The normalized spacial score (nSPS) is 18.2. The predicted octanol–water partition coefficient (Wildman–Crippen LogP) is 0.722. The summed E-state index contributed by atoms with van der Waals surface area (Å²) in [6.45, 7) is 3.27. The van der Waals surface area contributed by atoms with Crippen LogP contribution in [0.15, 0.2) is 23.1 Å². The standard InChI is InChI=1S/C11H15NO4S/c1-9-2-3-10(8-11(9)13)17(14,15)12-4-6-16-7-5-12/h2-3,8,13H,4-7H2,1H3. The Morgan fingerprint density at radius 2 is 1.94 bits per heavy atom. The van der Waals surface area contributed by atoms with Crippen LogP contribution in [-0.4, -0.2) is 44.1 Å². The van der Waals surface area contributed by atoms with Gasteiger partial charge in [0.2, 0.25) is 10.0 Å². The first-order chi connectivity index (χ1) is 8.01. The molecule has 6 heteroatoms. The molecule has 1 aromatic rings. The minimum absolute atomic E-state index is 0.000616. The third-order valence-electron chi connectivity index (χ3n) is 2.79. The number of hydrogen-bond acceptors (Lipinski definition) is 4. The molecule has 5 nitrogen and oxygen atoms in total. The quantitative estimate of drug-likeness (QED) is 0.848. The third kappa shape index (κ3) is 2.43. The molecule has 0 amide bonds. The summed E-state index contributed by atoms with van der Waals surface area (Å²) in [5, 5.41) is 9.55. The molecule has 0 atom stereocenters. The zero-order valence-corrected chi connectivity index (χ0v) is 10.4. The molecule has 1 N–H and O–H groups in total. The summed E-state index contributed by atoms with van der Waals surface area (Å²) in [6.07, 6.45) is 0. The number of sulfonamides is 1. The number of ether oxygens (including phenoxy) is 1. The van der Waals surface area contributed by atoms with Crippen LogP contribution >= 0.6 is 0 Å². The molecule has 0 aliphatic carbocycles. The maximum absolute atomic E-state index is 12.2. The van der Waals surface area contributed by atoms with Gasteiger partial charge in [-0.25, -0.2) is 8.42 Å². The zero-order valence-electron chi connectivity index (χ0n) is 9.59. The van der Waals surface area contributed by atoms with Crippen molar-refractivity contribution in [3.8, 4) is 5.75 Å². The summed E-state index contributed by atoms with van der Waals surface area (Å²) in [5.41, 5.74) is 0.658. The lowest BCUT2D eigenvalue weighted by molar-refractivity contribution is 0.0730. The molecule has 1 aromatic carbocycles. The fraction of sp³-hybridized carbons (Fsp3) is 0.455. The summed E-state index contributed by atoms with van der Waals surface area (Å²) < 4.78 is 30.9. The Kier molecular flexibility index (Phi) is 3.37. The lowest BCUT2D eigenvalue weighted by atomic mass is 10.2. The summed E-state index contributed by atoms with van der Waals surface area (Å²) in [5.74, 6) is -0.000616. The minimum Gasteiger partial charge on any atom is -0.508 e. The maximum atomic E-state index is 12.2. The van der Waals surface area contributed by atoms with Gasteiger partial charge in [-0.15, -0.1) is 0 Å². The van der Waals surface area contributed by atoms with Crippen molar-refractivity contribution >= 4 is 10.0 Å². The molecule has 1 aliphatic heterocycles. The Morgan fingerprint density at radius 1 is 1.29 bits per heavy atom. The second kappa shape index (κ2) is 4.64. The number of phenolic OH excluding ortho intramolecular Hbond substituents is 1. The molecule has 0 aromatic heterocycles. The Bertz CT molecular complexity index is 506. The lowest BCUT2D eigenvalue weighted by Crippen LogP contribution is -2.40. The van der Waals surface area contributed by atoms with Gasteiger partial charge in [-0.3, -0.25) is 0 Å². The van der Waals surface area contributed by atoms with Crippen molar-refractivity contribution in [2.24, 2.45) is 0 Å². The highest BCUT2D eigenvalue weighted by molar-refractivity contribution is 7.89.